The Bertz CT molecular complexity index is 919. The van der Waals surface area contributed by atoms with Gasteiger partial charge in [-0.25, -0.2) is 8.42 Å². The van der Waals surface area contributed by atoms with E-state index in [1.54, 1.807) is 23.9 Å². The Hall–Kier alpha value is -1.99. The summed E-state index contributed by atoms with van der Waals surface area (Å²) < 4.78 is 28.3. The van der Waals surface area contributed by atoms with Gasteiger partial charge in [0.2, 0.25) is 5.91 Å². The molecule has 1 aliphatic rings. The fraction of sp³-hybridized carbons (Fsp3) is 0.278. The zero-order valence-corrected chi connectivity index (χ0v) is 15.9. The van der Waals surface area contributed by atoms with Gasteiger partial charge in [-0.1, -0.05) is 25.1 Å². The fourth-order valence-corrected chi connectivity index (χ4v) is 5.05. The number of thioether (sulfide) groups is 1. The van der Waals surface area contributed by atoms with Gasteiger partial charge in [0.15, 0.2) is 0 Å². The lowest BCUT2D eigenvalue weighted by Gasteiger charge is -2.15. The van der Waals surface area contributed by atoms with Crippen molar-refractivity contribution in [1.29, 1.82) is 0 Å². The molecular formula is C18H20N2O3S2. The summed E-state index contributed by atoms with van der Waals surface area (Å²) >= 11 is 1.57. The number of benzene rings is 2. The normalized spacial score (nSPS) is 17.4. The number of hydrogen-bond acceptors (Lipinski definition) is 4. The van der Waals surface area contributed by atoms with Crippen molar-refractivity contribution in [3.05, 3.63) is 47.5 Å². The minimum atomic E-state index is -3.75. The molecule has 0 radical (unpaired) electrons. The molecule has 0 aromatic heterocycles. The average molecular weight is 377 g/mol. The van der Waals surface area contributed by atoms with Crippen molar-refractivity contribution < 1.29 is 13.2 Å². The van der Waals surface area contributed by atoms with Crippen LogP contribution in [0.1, 0.15) is 24.5 Å². The predicted octanol–water partition coefficient (Wildman–Crippen LogP) is 3.93. The second kappa shape index (κ2) is 6.72. The Labute approximate surface area is 152 Å². The molecule has 1 amide bonds. The van der Waals surface area contributed by atoms with Gasteiger partial charge in [-0.3, -0.25) is 9.52 Å². The SMILES string of the molecule is Cc1cccc(C)c1NS(=O)(=O)c1ccc2c(c1)NC(=O)C[C@@H](C)S2. The van der Waals surface area contributed by atoms with Gasteiger partial charge in [0, 0.05) is 16.6 Å². The summed E-state index contributed by atoms with van der Waals surface area (Å²) in [5.74, 6) is -0.101. The highest BCUT2D eigenvalue weighted by molar-refractivity contribution is 8.00. The van der Waals surface area contributed by atoms with E-state index in [1.165, 1.54) is 6.07 Å². The third kappa shape index (κ3) is 3.82. The summed E-state index contributed by atoms with van der Waals surface area (Å²) in [4.78, 5) is 12.9. The molecule has 1 heterocycles. The van der Waals surface area contributed by atoms with Crippen LogP contribution in [0.4, 0.5) is 11.4 Å². The number of hydrogen-bond donors (Lipinski definition) is 2. The summed E-state index contributed by atoms with van der Waals surface area (Å²) in [6, 6.07) is 10.5. The highest BCUT2D eigenvalue weighted by atomic mass is 32.2. The molecule has 25 heavy (non-hydrogen) atoms. The average Bonchev–Trinajstić information content (AvgIpc) is 2.66. The van der Waals surface area contributed by atoms with Crippen molar-refractivity contribution in [3.8, 4) is 0 Å². The van der Waals surface area contributed by atoms with Gasteiger partial charge in [0.05, 0.1) is 16.3 Å². The van der Waals surface area contributed by atoms with Crippen LogP contribution in [0.15, 0.2) is 46.2 Å². The van der Waals surface area contributed by atoms with Crippen molar-refractivity contribution in [2.24, 2.45) is 0 Å². The van der Waals surface area contributed by atoms with Gasteiger partial charge >= 0.3 is 0 Å². The van der Waals surface area contributed by atoms with Crippen LogP contribution < -0.4 is 10.0 Å². The predicted molar refractivity (Wildman–Crippen MR) is 102 cm³/mol. The molecule has 2 aromatic carbocycles. The molecule has 0 saturated heterocycles. The minimum absolute atomic E-state index is 0.101. The summed E-state index contributed by atoms with van der Waals surface area (Å²) in [7, 11) is -3.75. The number of nitrogens with one attached hydrogen (secondary N) is 2. The molecule has 0 unspecified atom stereocenters. The number of sulfonamides is 1. The number of carbonyl (C=O) groups is 1. The molecule has 2 N–H and O–H groups in total. The number of fused-ring (bicyclic) bond motifs is 1. The molecule has 0 bridgehead atoms. The second-order valence-electron chi connectivity index (χ2n) is 6.21. The van der Waals surface area contributed by atoms with Gasteiger partial charge in [0.1, 0.15) is 0 Å². The quantitative estimate of drug-likeness (QED) is 0.851. The molecule has 1 atom stereocenters. The Morgan fingerprint density at radius 1 is 1.16 bits per heavy atom. The molecule has 0 fully saturated rings. The van der Waals surface area contributed by atoms with E-state index in [9.17, 15) is 13.2 Å². The monoisotopic (exact) mass is 376 g/mol. The largest absolute Gasteiger partial charge is 0.325 e. The molecular weight excluding hydrogens is 356 g/mol. The van der Waals surface area contributed by atoms with Crippen LogP contribution in [0.25, 0.3) is 0 Å². The summed E-state index contributed by atoms with van der Waals surface area (Å²) in [6.45, 7) is 5.70. The fourth-order valence-electron chi connectivity index (χ4n) is 2.77. The molecule has 132 valence electrons. The van der Waals surface area contributed by atoms with E-state index in [2.05, 4.69) is 10.0 Å². The molecule has 3 rings (SSSR count). The van der Waals surface area contributed by atoms with Gasteiger partial charge < -0.3 is 5.32 Å². The first-order valence-electron chi connectivity index (χ1n) is 7.96. The summed E-state index contributed by atoms with van der Waals surface area (Å²) in [6.07, 6.45) is 0.405. The third-order valence-corrected chi connectivity index (χ3v) is 6.58. The first-order valence-corrected chi connectivity index (χ1v) is 10.3. The van der Waals surface area contributed by atoms with E-state index < -0.39 is 10.0 Å². The number of aryl methyl sites for hydroxylation is 2. The van der Waals surface area contributed by atoms with Crippen LogP contribution in [0.3, 0.4) is 0 Å². The van der Waals surface area contributed by atoms with Crippen molar-refractivity contribution in [1.82, 2.24) is 0 Å². The Kier molecular flexibility index (Phi) is 4.79. The van der Waals surface area contributed by atoms with Gasteiger partial charge in [-0.05, 0) is 43.2 Å². The number of para-hydroxylation sites is 1. The lowest BCUT2D eigenvalue weighted by atomic mass is 10.1. The van der Waals surface area contributed by atoms with Crippen molar-refractivity contribution in [2.45, 2.75) is 42.2 Å². The van der Waals surface area contributed by atoms with Crippen LogP contribution >= 0.6 is 11.8 Å². The van der Waals surface area contributed by atoms with E-state index in [0.29, 0.717) is 17.8 Å². The Morgan fingerprint density at radius 2 is 1.84 bits per heavy atom. The number of anilines is 2. The molecule has 5 nitrogen and oxygen atoms in total. The summed E-state index contributed by atoms with van der Waals surface area (Å²) in [5.41, 5.74) is 2.85. The van der Waals surface area contributed by atoms with Crippen molar-refractivity contribution >= 4 is 39.1 Å². The van der Waals surface area contributed by atoms with E-state index in [4.69, 9.17) is 0 Å². The third-order valence-electron chi connectivity index (χ3n) is 4.05. The lowest BCUT2D eigenvalue weighted by molar-refractivity contribution is -0.116. The van der Waals surface area contributed by atoms with E-state index >= 15 is 0 Å². The molecule has 0 spiro atoms. The van der Waals surface area contributed by atoms with Crippen LogP contribution in [0.5, 0.6) is 0 Å². The molecule has 0 saturated carbocycles. The molecule has 2 aromatic rings. The Balaban J connectivity index is 1.97. The molecule has 7 heteroatoms. The second-order valence-corrected chi connectivity index (χ2v) is 9.37. The molecule has 0 aliphatic carbocycles. The Morgan fingerprint density at radius 3 is 2.52 bits per heavy atom. The smallest absolute Gasteiger partial charge is 0.261 e. The number of rotatable bonds is 3. The van der Waals surface area contributed by atoms with E-state index in [-0.39, 0.29) is 16.1 Å². The highest BCUT2D eigenvalue weighted by Crippen LogP contribution is 2.36. The van der Waals surface area contributed by atoms with E-state index in [0.717, 1.165) is 16.0 Å². The van der Waals surface area contributed by atoms with Crippen LogP contribution in [0.2, 0.25) is 0 Å². The van der Waals surface area contributed by atoms with Gasteiger partial charge in [0.25, 0.3) is 10.0 Å². The maximum atomic E-state index is 12.8. The zero-order valence-electron chi connectivity index (χ0n) is 14.3. The van der Waals surface area contributed by atoms with Gasteiger partial charge in [-0.2, -0.15) is 0 Å². The van der Waals surface area contributed by atoms with Crippen molar-refractivity contribution in [3.63, 3.8) is 0 Å². The van der Waals surface area contributed by atoms with Crippen molar-refractivity contribution in [2.75, 3.05) is 10.0 Å². The number of amides is 1. The topological polar surface area (TPSA) is 75.3 Å². The van der Waals surface area contributed by atoms with Crippen LogP contribution in [-0.2, 0) is 14.8 Å². The van der Waals surface area contributed by atoms with Crippen LogP contribution in [0, 0.1) is 13.8 Å². The van der Waals surface area contributed by atoms with Crippen LogP contribution in [-0.4, -0.2) is 19.6 Å². The first-order chi connectivity index (χ1) is 11.8. The maximum Gasteiger partial charge on any atom is 0.261 e. The summed E-state index contributed by atoms with van der Waals surface area (Å²) in [5, 5.41) is 2.95. The highest BCUT2D eigenvalue weighted by Gasteiger charge is 2.22. The first kappa shape index (κ1) is 17.8. The zero-order chi connectivity index (χ0) is 18.2. The molecule has 1 aliphatic heterocycles. The standard InChI is InChI=1S/C18H20N2O3S2/c1-11-5-4-6-12(2)18(11)20-25(22,23)14-7-8-16-15(10-14)19-17(21)9-13(3)24-16/h4-8,10,13,20H,9H2,1-3H3,(H,19,21)/t13-/m1/s1. The van der Waals surface area contributed by atoms with E-state index in [1.807, 2.05) is 39.0 Å². The maximum absolute atomic E-state index is 12.8. The van der Waals surface area contributed by atoms with Gasteiger partial charge in [-0.15, -0.1) is 11.8 Å². The number of carbonyl (C=O) groups excluding carboxylic acids is 1. The lowest BCUT2D eigenvalue weighted by Crippen LogP contribution is -2.16. The minimum Gasteiger partial charge on any atom is -0.325 e.